The second-order valence-corrected chi connectivity index (χ2v) is 3.65. The fourth-order valence-electron chi connectivity index (χ4n) is 0.728. The SMILES string of the molecule is CCCCCC.Cc1ncns1. The maximum Gasteiger partial charge on any atom is 0.129 e. The van der Waals surface area contributed by atoms with Gasteiger partial charge in [0.25, 0.3) is 0 Å². The lowest BCUT2D eigenvalue weighted by atomic mass is 10.2. The van der Waals surface area contributed by atoms with Gasteiger partial charge in [0.05, 0.1) is 0 Å². The lowest BCUT2D eigenvalue weighted by Crippen LogP contribution is -1.66. The standard InChI is InChI=1S/C6H14.C3H4N2S/c1-3-5-6-4-2;1-3-4-2-5-6-3/h3-6H2,1-2H3;2H,1H3. The first-order chi connectivity index (χ1) is 5.81. The summed E-state index contributed by atoms with van der Waals surface area (Å²) >= 11 is 1.42. The van der Waals surface area contributed by atoms with Crippen molar-refractivity contribution < 1.29 is 0 Å². The Morgan fingerprint density at radius 1 is 1.25 bits per heavy atom. The van der Waals surface area contributed by atoms with E-state index in [1.165, 1.54) is 37.2 Å². The predicted molar refractivity (Wildman–Crippen MR) is 54.5 cm³/mol. The maximum absolute atomic E-state index is 3.82. The van der Waals surface area contributed by atoms with Crippen molar-refractivity contribution in [2.45, 2.75) is 46.5 Å². The van der Waals surface area contributed by atoms with Gasteiger partial charge >= 0.3 is 0 Å². The number of hydrogen-bond donors (Lipinski definition) is 0. The third-order valence-corrected chi connectivity index (χ3v) is 2.00. The average Bonchev–Trinajstić information content (AvgIpc) is 2.53. The van der Waals surface area contributed by atoms with Gasteiger partial charge in [-0.15, -0.1) is 0 Å². The number of nitrogens with zero attached hydrogens (tertiary/aromatic N) is 2. The molecule has 1 aromatic rings. The van der Waals surface area contributed by atoms with Crippen molar-refractivity contribution >= 4 is 11.5 Å². The van der Waals surface area contributed by atoms with Crippen molar-refractivity contribution in [3.63, 3.8) is 0 Å². The second-order valence-electron chi connectivity index (χ2n) is 2.67. The fourth-order valence-corrected chi connectivity index (χ4v) is 1.07. The van der Waals surface area contributed by atoms with Crippen LogP contribution < -0.4 is 0 Å². The van der Waals surface area contributed by atoms with Gasteiger partial charge in [0.2, 0.25) is 0 Å². The van der Waals surface area contributed by atoms with Gasteiger partial charge in [-0.25, -0.2) is 4.98 Å². The lowest BCUT2D eigenvalue weighted by Gasteiger charge is -1.86. The number of aryl methyl sites for hydroxylation is 1. The predicted octanol–water partition coefficient (Wildman–Crippen LogP) is 3.43. The molecule has 0 spiro atoms. The van der Waals surface area contributed by atoms with Crippen molar-refractivity contribution in [2.24, 2.45) is 0 Å². The highest BCUT2D eigenvalue weighted by Gasteiger charge is 1.78. The highest BCUT2D eigenvalue weighted by atomic mass is 32.1. The molecule has 1 heterocycles. The Balaban J connectivity index is 0.000000202. The minimum atomic E-state index is 1.02. The summed E-state index contributed by atoms with van der Waals surface area (Å²) in [4.78, 5) is 3.82. The Labute approximate surface area is 79.2 Å². The smallest absolute Gasteiger partial charge is 0.129 e. The molecule has 1 rings (SSSR count). The second kappa shape index (κ2) is 8.65. The van der Waals surface area contributed by atoms with Crippen molar-refractivity contribution in [3.8, 4) is 0 Å². The first kappa shape index (κ1) is 11.6. The van der Waals surface area contributed by atoms with E-state index in [4.69, 9.17) is 0 Å². The summed E-state index contributed by atoms with van der Waals surface area (Å²) < 4.78 is 3.75. The molecule has 0 aliphatic rings. The van der Waals surface area contributed by atoms with Crippen LogP contribution in [0.5, 0.6) is 0 Å². The van der Waals surface area contributed by atoms with E-state index in [0.717, 1.165) is 5.01 Å². The monoisotopic (exact) mass is 186 g/mol. The summed E-state index contributed by atoms with van der Waals surface area (Å²) in [6, 6.07) is 0. The van der Waals surface area contributed by atoms with E-state index in [9.17, 15) is 0 Å². The summed E-state index contributed by atoms with van der Waals surface area (Å²) in [5.41, 5.74) is 0. The number of hydrogen-bond acceptors (Lipinski definition) is 3. The molecule has 0 bridgehead atoms. The lowest BCUT2D eigenvalue weighted by molar-refractivity contribution is 0.702. The van der Waals surface area contributed by atoms with Crippen molar-refractivity contribution in [3.05, 3.63) is 11.3 Å². The highest BCUT2D eigenvalue weighted by Crippen LogP contribution is 1.95. The Morgan fingerprint density at radius 2 is 1.83 bits per heavy atom. The van der Waals surface area contributed by atoms with E-state index >= 15 is 0 Å². The van der Waals surface area contributed by atoms with E-state index in [1.807, 2.05) is 6.92 Å². The zero-order valence-electron chi connectivity index (χ0n) is 8.21. The molecule has 3 heteroatoms. The molecule has 0 N–H and O–H groups in total. The Kier molecular flexibility index (Phi) is 8.34. The summed E-state index contributed by atoms with van der Waals surface area (Å²) in [6.45, 7) is 6.39. The van der Waals surface area contributed by atoms with Gasteiger partial charge in [-0.2, -0.15) is 4.37 Å². The van der Waals surface area contributed by atoms with Crippen molar-refractivity contribution in [2.75, 3.05) is 0 Å². The third-order valence-electron chi connectivity index (χ3n) is 1.43. The van der Waals surface area contributed by atoms with E-state index in [1.54, 1.807) is 6.33 Å². The molecule has 0 fully saturated rings. The van der Waals surface area contributed by atoms with Crippen LogP contribution in [0.4, 0.5) is 0 Å². The molecule has 70 valence electrons. The molecule has 0 amide bonds. The van der Waals surface area contributed by atoms with Crippen LogP contribution in [-0.4, -0.2) is 9.36 Å². The van der Waals surface area contributed by atoms with Gasteiger partial charge in [0, 0.05) is 0 Å². The molecular formula is C9H18N2S. The largest absolute Gasteiger partial charge is 0.228 e. The zero-order valence-corrected chi connectivity index (χ0v) is 9.02. The minimum absolute atomic E-state index is 1.02. The molecule has 0 saturated heterocycles. The normalized spacial score (nSPS) is 8.92. The fraction of sp³-hybridized carbons (Fsp3) is 0.778. The quantitative estimate of drug-likeness (QED) is 0.676. The molecule has 0 aliphatic carbocycles. The molecule has 0 saturated carbocycles. The molecule has 0 radical (unpaired) electrons. The third kappa shape index (κ3) is 7.66. The Morgan fingerprint density at radius 3 is 2.00 bits per heavy atom. The summed E-state index contributed by atoms with van der Waals surface area (Å²) in [5, 5.41) is 1.02. The molecular weight excluding hydrogens is 168 g/mol. The molecule has 0 atom stereocenters. The number of unbranched alkanes of at least 4 members (excludes halogenated alkanes) is 3. The summed E-state index contributed by atoms with van der Waals surface area (Å²) in [6.07, 6.45) is 7.09. The molecule has 12 heavy (non-hydrogen) atoms. The van der Waals surface area contributed by atoms with E-state index < -0.39 is 0 Å². The van der Waals surface area contributed by atoms with Crippen LogP contribution in [-0.2, 0) is 0 Å². The first-order valence-corrected chi connectivity index (χ1v) is 5.31. The van der Waals surface area contributed by atoms with Gasteiger partial charge in [-0.1, -0.05) is 39.5 Å². The van der Waals surface area contributed by atoms with Gasteiger partial charge < -0.3 is 0 Å². The maximum atomic E-state index is 3.82. The van der Waals surface area contributed by atoms with E-state index in [0.29, 0.717) is 0 Å². The van der Waals surface area contributed by atoms with E-state index in [2.05, 4.69) is 23.2 Å². The van der Waals surface area contributed by atoms with Crippen molar-refractivity contribution in [1.82, 2.24) is 9.36 Å². The van der Waals surface area contributed by atoms with Gasteiger partial charge in [0.1, 0.15) is 11.3 Å². The van der Waals surface area contributed by atoms with Crippen LogP contribution in [0.2, 0.25) is 0 Å². The molecule has 0 aliphatic heterocycles. The van der Waals surface area contributed by atoms with Crippen LogP contribution in [0.1, 0.15) is 44.5 Å². The molecule has 1 aromatic heterocycles. The van der Waals surface area contributed by atoms with Crippen molar-refractivity contribution in [1.29, 1.82) is 0 Å². The first-order valence-electron chi connectivity index (χ1n) is 4.54. The Bertz CT molecular complexity index is 157. The number of aromatic nitrogens is 2. The Hall–Kier alpha value is -0.440. The van der Waals surface area contributed by atoms with Gasteiger partial charge in [-0.3, -0.25) is 0 Å². The summed E-state index contributed by atoms with van der Waals surface area (Å²) in [5.74, 6) is 0. The van der Waals surface area contributed by atoms with Gasteiger partial charge in [-0.05, 0) is 18.5 Å². The topological polar surface area (TPSA) is 25.8 Å². The van der Waals surface area contributed by atoms with Gasteiger partial charge in [0.15, 0.2) is 0 Å². The molecule has 0 unspecified atom stereocenters. The summed E-state index contributed by atoms with van der Waals surface area (Å²) in [7, 11) is 0. The minimum Gasteiger partial charge on any atom is -0.228 e. The van der Waals surface area contributed by atoms with Crippen LogP contribution in [0.3, 0.4) is 0 Å². The number of rotatable bonds is 3. The average molecular weight is 186 g/mol. The highest BCUT2D eigenvalue weighted by molar-refractivity contribution is 7.05. The van der Waals surface area contributed by atoms with E-state index in [-0.39, 0.29) is 0 Å². The van der Waals surface area contributed by atoms with Crippen LogP contribution in [0.25, 0.3) is 0 Å². The molecule has 2 nitrogen and oxygen atoms in total. The molecule has 0 aromatic carbocycles. The van der Waals surface area contributed by atoms with Crippen LogP contribution in [0, 0.1) is 6.92 Å². The van der Waals surface area contributed by atoms with Crippen LogP contribution >= 0.6 is 11.5 Å². The zero-order chi connectivity index (χ0) is 9.23. The van der Waals surface area contributed by atoms with Crippen LogP contribution in [0.15, 0.2) is 6.33 Å².